The molecular weight excluding hydrogens is 156 g/mol. The normalized spacial score (nSPS) is 7.54. The summed E-state index contributed by atoms with van der Waals surface area (Å²) >= 11 is 0. The topological polar surface area (TPSA) is 0 Å². The number of benzene rings is 1. The minimum Gasteiger partial charge on any atom is -0.0776 e. The van der Waals surface area contributed by atoms with Gasteiger partial charge in [-0.3, -0.25) is 0 Å². The lowest BCUT2D eigenvalue weighted by Gasteiger charge is -1.97. The number of aryl methyl sites for hydroxylation is 2. The van der Waals surface area contributed by atoms with E-state index in [9.17, 15) is 0 Å². The number of rotatable bonds is 2. The van der Waals surface area contributed by atoms with Crippen LogP contribution in [0.3, 0.4) is 0 Å². The molecule has 0 spiro atoms. The van der Waals surface area contributed by atoms with Gasteiger partial charge < -0.3 is 0 Å². The monoisotopic (exact) mass is 182 g/mol. The van der Waals surface area contributed by atoms with Crippen molar-refractivity contribution in [2.75, 3.05) is 0 Å². The fraction of sp³-hybridized carbons (Fsp3) is 0.538. The molecule has 1 aromatic carbocycles. The fourth-order valence-corrected chi connectivity index (χ4v) is 1.01. The Morgan fingerprint density at radius 1 is 0.692 bits per heavy atom. The molecule has 0 aliphatic carbocycles. The Bertz CT molecular complexity index is 161. The Labute approximate surface area is 85.0 Å². The van der Waals surface area contributed by atoms with Crippen LogP contribution in [0.15, 0.2) is 24.3 Å². The van der Waals surface area contributed by atoms with Gasteiger partial charge >= 0.3 is 0 Å². The summed E-state index contributed by atoms with van der Waals surface area (Å²) in [5.74, 6) is 0. The summed E-state index contributed by atoms with van der Waals surface area (Å²) in [7, 11) is 0. The van der Waals surface area contributed by atoms with Crippen molar-refractivity contribution in [3.05, 3.63) is 35.4 Å². The first kappa shape index (κ1) is 18.1. The van der Waals surface area contributed by atoms with Crippen molar-refractivity contribution >= 4 is 0 Å². The van der Waals surface area contributed by atoms with E-state index in [0.29, 0.717) is 0 Å². The van der Waals surface area contributed by atoms with Crippen LogP contribution in [0.5, 0.6) is 0 Å². The molecule has 0 N–H and O–H groups in total. The van der Waals surface area contributed by atoms with Gasteiger partial charge in [0, 0.05) is 0 Å². The Morgan fingerprint density at radius 3 is 1.08 bits per heavy atom. The van der Waals surface area contributed by atoms with Gasteiger partial charge in [-0.15, -0.1) is 0 Å². The second-order valence-electron chi connectivity index (χ2n) is 2.52. The minimum atomic E-state index is 0. The highest BCUT2D eigenvalue weighted by Crippen LogP contribution is 2.04. The second kappa shape index (κ2) is 9.31. The van der Waals surface area contributed by atoms with Crippen molar-refractivity contribution in [3.63, 3.8) is 0 Å². The van der Waals surface area contributed by atoms with E-state index in [1.165, 1.54) is 11.1 Å². The van der Waals surface area contributed by atoms with Crippen LogP contribution < -0.4 is 0 Å². The molecule has 0 fully saturated rings. The smallest absolute Gasteiger partial charge is 0.0307 e. The molecule has 1 rings (SSSR count). The molecular formula is C13H26. The second-order valence-corrected chi connectivity index (χ2v) is 2.52. The summed E-state index contributed by atoms with van der Waals surface area (Å²) in [5.41, 5.74) is 2.86. The van der Waals surface area contributed by atoms with Crippen molar-refractivity contribution in [1.82, 2.24) is 0 Å². The third-order valence-electron chi connectivity index (χ3n) is 1.84. The molecule has 0 heterocycles. The summed E-state index contributed by atoms with van der Waals surface area (Å²) in [6.45, 7) is 4.36. The van der Waals surface area contributed by atoms with Crippen LogP contribution in [0, 0.1) is 0 Å². The van der Waals surface area contributed by atoms with Gasteiger partial charge in [0.15, 0.2) is 0 Å². The summed E-state index contributed by atoms with van der Waals surface area (Å²) < 4.78 is 0. The summed E-state index contributed by atoms with van der Waals surface area (Å²) in [6, 6.07) is 8.83. The Morgan fingerprint density at radius 2 is 0.923 bits per heavy atom. The molecule has 1 aromatic rings. The number of hydrogen-bond acceptors (Lipinski definition) is 0. The summed E-state index contributed by atoms with van der Waals surface area (Å²) in [5, 5.41) is 0. The molecule has 0 radical (unpaired) electrons. The molecule has 0 bridgehead atoms. The highest BCUT2D eigenvalue weighted by Gasteiger charge is 1.88. The van der Waals surface area contributed by atoms with E-state index in [-0.39, 0.29) is 22.3 Å². The van der Waals surface area contributed by atoms with Gasteiger partial charge in [-0.2, -0.15) is 0 Å². The van der Waals surface area contributed by atoms with E-state index < -0.39 is 0 Å². The molecule has 0 atom stereocenters. The van der Waals surface area contributed by atoms with Crippen LogP contribution in [0.2, 0.25) is 0 Å². The molecule has 0 unspecified atom stereocenters. The molecule has 0 saturated carbocycles. The lowest BCUT2D eigenvalue weighted by molar-refractivity contribution is 1.10. The van der Waals surface area contributed by atoms with Crippen LogP contribution in [0.25, 0.3) is 0 Å². The zero-order valence-electron chi connectivity index (χ0n) is 6.72. The maximum atomic E-state index is 2.21. The molecule has 0 saturated heterocycles. The van der Waals surface area contributed by atoms with Gasteiger partial charge in [0.05, 0.1) is 0 Å². The average Bonchev–Trinajstić information content (AvgIpc) is 2.05. The minimum absolute atomic E-state index is 0. The van der Waals surface area contributed by atoms with Crippen molar-refractivity contribution in [1.29, 1.82) is 0 Å². The third-order valence-corrected chi connectivity index (χ3v) is 1.84. The van der Waals surface area contributed by atoms with Gasteiger partial charge in [0.2, 0.25) is 0 Å². The highest BCUT2D eigenvalue weighted by atomic mass is 13.9. The van der Waals surface area contributed by atoms with E-state index in [0.717, 1.165) is 12.8 Å². The predicted molar refractivity (Wildman–Crippen MR) is 65.4 cm³/mol. The molecule has 0 amide bonds. The van der Waals surface area contributed by atoms with Crippen LogP contribution in [-0.2, 0) is 12.8 Å². The van der Waals surface area contributed by atoms with Crippen molar-refractivity contribution in [2.24, 2.45) is 0 Å². The molecule has 0 aliphatic heterocycles. The van der Waals surface area contributed by atoms with E-state index >= 15 is 0 Å². The Balaban J connectivity index is -0.000000333. The lowest BCUT2D eigenvalue weighted by Crippen LogP contribution is -1.81. The Hall–Kier alpha value is -0.780. The first-order valence-corrected chi connectivity index (χ1v) is 3.94. The third kappa shape index (κ3) is 5.46. The van der Waals surface area contributed by atoms with E-state index in [2.05, 4.69) is 38.1 Å². The molecule has 13 heavy (non-hydrogen) atoms. The van der Waals surface area contributed by atoms with Crippen molar-refractivity contribution < 1.29 is 0 Å². The molecule has 78 valence electrons. The quantitative estimate of drug-likeness (QED) is 0.621. The largest absolute Gasteiger partial charge is 0.0776 e. The lowest BCUT2D eigenvalue weighted by atomic mass is 10.1. The standard InChI is InChI=1S/C10H14.3CH4/c1-3-9-5-7-10(4-2)8-6-9;;;/h5-8H,3-4H2,1-2H3;3*1H4. The van der Waals surface area contributed by atoms with Gasteiger partial charge in [0.25, 0.3) is 0 Å². The van der Waals surface area contributed by atoms with Gasteiger partial charge in [-0.1, -0.05) is 60.4 Å². The maximum Gasteiger partial charge on any atom is -0.0307 e. The van der Waals surface area contributed by atoms with Gasteiger partial charge in [-0.25, -0.2) is 0 Å². The number of hydrogen-bond donors (Lipinski definition) is 0. The summed E-state index contributed by atoms with van der Waals surface area (Å²) in [4.78, 5) is 0. The zero-order valence-corrected chi connectivity index (χ0v) is 6.72. The van der Waals surface area contributed by atoms with E-state index in [1.54, 1.807) is 0 Å². The van der Waals surface area contributed by atoms with E-state index in [4.69, 9.17) is 0 Å². The first-order valence-electron chi connectivity index (χ1n) is 3.94. The zero-order chi connectivity index (χ0) is 7.40. The van der Waals surface area contributed by atoms with Gasteiger partial charge in [0.1, 0.15) is 0 Å². The van der Waals surface area contributed by atoms with Gasteiger partial charge in [-0.05, 0) is 24.0 Å². The molecule has 0 nitrogen and oxygen atoms in total. The molecule has 0 heteroatoms. The SMILES string of the molecule is C.C.C.CCc1ccc(CC)cc1. The van der Waals surface area contributed by atoms with Crippen molar-refractivity contribution in [3.8, 4) is 0 Å². The van der Waals surface area contributed by atoms with Crippen LogP contribution >= 0.6 is 0 Å². The summed E-state index contributed by atoms with van der Waals surface area (Å²) in [6.07, 6.45) is 2.29. The molecule has 0 aliphatic rings. The van der Waals surface area contributed by atoms with E-state index in [1.807, 2.05) is 0 Å². The maximum absolute atomic E-state index is 2.21. The Kier molecular flexibility index (Phi) is 13.0. The average molecular weight is 182 g/mol. The van der Waals surface area contributed by atoms with Crippen LogP contribution in [0.1, 0.15) is 47.3 Å². The first-order chi connectivity index (χ1) is 4.86. The van der Waals surface area contributed by atoms with Crippen LogP contribution in [-0.4, -0.2) is 0 Å². The fourth-order valence-electron chi connectivity index (χ4n) is 1.01. The van der Waals surface area contributed by atoms with Crippen molar-refractivity contribution in [2.45, 2.75) is 49.0 Å². The molecule has 0 aromatic heterocycles. The highest BCUT2D eigenvalue weighted by molar-refractivity contribution is 5.22. The predicted octanol–water partition coefficient (Wildman–Crippen LogP) is 4.72. The van der Waals surface area contributed by atoms with Crippen LogP contribution in [0.4, 0.5) is 0 Å².